The van der Waals surface area contributed by atoms with E-state index >= 15 is 0 Å². The van der Waals surface area contributed by atoms with E-state index in [4.69, 9.17) is 11.6 Å². The third kappa shape index (κ3) is 3.85. The van der Waals surface area contributed by atoms with Gasteiger partial charge in [0.25, 0.3) is 0 Å². The van der Waals surface area contributed by atoms with Crippen LogP contribution >= 0.6 is 11.6 Å². The Morgan fingerprint density at radius 3 is 2.71 bits per heavy atom. The second-order valence-electron chi connectivity index (χ2n) is 4.63. The normalized spacial score (nSPS) is 11.3. The summed E-state index contributed by atoms with van der Waals surface area (Å²) in [5.41, 5.74) is -0.000910. The smallest absolute Gasteiger partial charge is 0.311 e. The summed E-state index contributed by atoms with van der Waals surface area (Å²) in [6.07, 6.45) is 0.967. The van der Waals surface area contributed by atoms with Gasteiger partial charge in [0.05, 0.1) is 4.92 Å². The van der Waals surface area contributed by atoms with Crippen molar-refractivity contribution in [1.82, 2.24) is 4.98 Å². The van der Waals surface area contributed by atoms with E-state index in [1.807, 2.05) is 0 Å². The van der Waals surface area contributed by atoms with Crippen molar-refractivity contribution < 1.29 is 4.92 Å². The zero-order valence-electron chi connectivity index (χ0n) is 10.2. The summed E-state index contributed by atoms with van der Waals surface area (Å²) < 4.78 is 0. The Balaban J connectivity index is 2.89. The first-order valence-electron chi connectivity index (χ1n) is 5.40. The van der Waals surface area contributed by atoms with E-state index in [1.54, 1.807) is 0 Å². The molecule has 0 atom stereocenters. The fraction of sp³-hybridized carbons (Fsp3) is 0.545. The molecule has 0 aliphatic rings. The highest BCUT2D eigenvalue weighted by Crippen LogP contribution is 2.26. The highest BCUT2D eigenvalue weighted by atomic mass is 35.5. The number of anilines is 1. The number of nitrogens with one attached hydrogen (secondary N) is 1. The van der Waals surface area contributed by atoms with Gasteiger partial charge in [0.2, 0.25) is 5.82 Å². The van der Waals surface area contributed by atoms with Crippen LogP contribution in [0.3, 0.4) is 0 Å². The molecule has 1 heterocycles. The molecule has 0 spiro atoms. The monoisotopic (exact) mass is 257 g/mol. The lowest BCUT2D eigenvalue weighted by molar-refractivity contribution is -0.384. The standard InChI is InChI=1S/C11H16ClN3O2/c1-4-11(2,3)7-13-10-8(15(16)17)5-6-9(12)14-10/h5-6H,4,7H2,1-3H3,(H,13,14). The quantitative estimate of drug-likeness (QED) is 0.498. The van der Waals surface area contributed by atoms with Crippen molar-refractivity contribution in [3.05, 3.63) is 27.4 Å². The van der Waals surface area contributed by atoms with Crippen LogP contribution in [0, 0.1) is 15.5 Å². The highest BCUT2D eigenvalue weighted by molar-refractivity contribution is 6.29. The first-order chi connectivity index (χ1) is 7.85. The number of halogens is 1. The lowest BCUT2D eigenvalue weighted by atomic mass is 9.90. The molecule has 1 aromatic rings. The van der Waals surface area contributed by atoms with Crippen LogP contribution in [0.25, 0.3) is 0 Å². The zero-order chi connectivity index (χ0) is 13.1. The van der Waals surface area contributed by atoms with Gasteiger partial charge >= 0.3 is 5.69 Å². The van der Waals surface area contributed by atoms with Crippen LogP contribution in [0.15, 0.2) is 12.1 Å². The summed E-state index contributed by atoms with van der Waals surface area (Å²) in [5, 5.41) is 14.0. The number of aromatic nitrogens is 1. The molecule has 0 saturated heterocycles. The molecule has 5 nitrogen and oxygen atoms in total. The van der Waals surface area contributed by atoms with E-state index in [-0.39, 0.29) is 22.1 Å². The van der Waals surface area contributed by atoms with E-state index in [2.05, 4.69) is 31.1 Å². The van der Waals surface area contributed by atoms with Crippen molar-refractivity contribution in [2.75, 3.05) is 11.9 Å². The topological polar surface area (TPSA) is 68.1 Å². The van der Waals surface area contributed by atoms with E-state index in [1.165, 1.54) is 12.1 Å². The van der Waals surface area contributed by atoms with Crippen LogP contribution < -0.4 is 5.32 Å². The number of nitro groups is 1. The molecule has 0 aliphatic carbocycles. The van der Waals surface area contributed by atoms with E-state index in [9.17, 15) is 10.1 Å². The maximum Gasteiger partial charge on any atom is 0.311 e. The Morgan fingerprint density at radius 2 is 2.18 bits per heavy atom. The van der Waals surface area contributed by atoms with Crippen molar-refractivity contribution in [2.45, 2.75) is 27.2 Å². The van der Waals surface area contributed by atoms with Gasteiger partial charge in [0, 0.05) is 12.6 Å². The minimum atomic E-state index is -0.468. The van der Waals surface area contributed by atoms with Gasteiger partial charge < -0.3 is 5.32 Å². The molecule has 0 fully saturated rings. The molecule has 0 amide bonds. The first-order valence-corrected chi connectivity index (χ1v) is 5.78. The number of pyridine rings is 1. The predicted octanol–water partition coefficient (Wildman–Crippen LogP) is 3.49. The Labute approximate surface area is 105 Å². The largest absolute Gasteiger partial charge is 0.364 e. The second kappa shape index (κ2) is 5.31. The molecule has 0 aliphatic heterocycles. The van der Waals surface area contributed by atoms with Gasteiger partial charge in [-0.1, -0.05) is 32.4 Å². The molecule has 6 heteroatoms. The first kappa shape index (κ1) is 13.7. The van der Waals surface area contributed by atoms with Crippen LogP contribution in [0.1, 0.15) is 27.2 Å². The summed E-state index contributed by atoms with van der Waals surface area (Å²) in [6.45, 7) is 6.84. The molecular weight excluding hydrogens is 242 g/mol. The third-order valence-corrected chi connectivity index (χ3v) is 2.94. The Kier molecular flexibility index (Phi) is 4.28. The molecule has 1 aromatic heterocycles. The number of rotatable bonds is 5. The molecule has 0 bridgehead atoms. The number of nitrogens with zero attached hydrogens (tertiary/aromatic N) is 2. The Morgan fingerprint density at radius 1 is 1.53 bits per heavy atom. The number of hydrogen-bond acceptors (Lipinski definition) is 4. The van der Waals surface area contributed by atoms with Gasteiger partial charge in [0.1, 0.15) is 5.15 Å². The molecule has 17 heavy (non-hydrogen) atoms. The van der Waals surface area contributed by atoms with Gasteiger partial charge in [-0.3, -0.25) is 10.1 Å². The zero-order valence-corrected chi connectivity index (χ0v) is 10.9. The third-order valence-electron chi connectivity index (χ3n) is 2.73. The maximum absolute atomic E-state index is 10.8. The number of hydrogen-bond donors (Lipinski definition) is 1. The molecule has 1 N–H and O–H groups in total. The van der Waals surface area contributed by atoms with E-state index in [0.717, 1.165) is 6.42 Å². The molecule has 94 valence electrons. The van der Waals surface area contributed by atoms with Crippen molar-refractivity contribution in [1.29, 1.82) is 0 Å². The SMILES string of the molecule is CCC(C)(C)CNc1nc(Cl)ccc1[N+](=O)[O-]. The van der Waals surface area contributed by atoms with Crippen LogP contribution in [0.2, 0.25) is 5.15 Å². The van der Waals surface area contributed by atoms with Gasteiger partial charge in [-0.25, -0.2) is 4.98 Å². The minimum absolute atomic E-state index is 0.0534. The van der Waals surface area contributed by atoms with Crippen LogP contribution in [-0.2, 0) is 0 Å². The van der Waals surface area contributed by atoms with Gasteiger partial charge in [-0.05, 0) is 17.9 Å². The maximum atomic E-state index is 10.8. The summed E-state index contributed by atoms with van der Waals surface area (Å²) >= 11 is 5.73. The van der Waals surface area contributed by atoms with Crippen molar-refractivity contribution >= 4 is 23.1 Å². The Bertz CT molecular complexity index is 421. The molecular formula is C11H16ClN3O2. The summed E-state index contributed by atoms with van der Waals surface area (Å²) in [5.74, 6) is 0.226. The molecule has 1 rings (SSSR count). The van der Waals surface area contributed by atoms with Gasteiger partial charge in [0.15, 0.2) is 0 Å². The molecule has 0 unspecified atom stereocenters. The van der Waals surface area contributed by atoms with Crippen LogP contribution in [-0.4, -0.2) is 16.5 Å². The average Bonchev–Trinajstić information content (AvgIpc) is 2.26. The summed E-state index contributed by atoms with van der Waals surface area (Å²) in [6, 6.07) is 2.77. The van der Waals surface area contributed by atoms with Crippen LogP contribution in [0.4, 0.5) is 11.5 Å². The van der Waals surface area contributed by atoms with E-state index < -0.39 is 4.92 Å². The highest BCUT2D eigenvalue weighted by Gasteiger charge is 2.19. The van der Waals surface area contributed by atoms with Crippen molar-refractivity contribution in [2.24, 2.45) is 5.41 Å². The second-order valence-corrected chi connectivity index (χ2v) is 5.02. The fourth-order valence-electron chi connectivity index (χ4n) is 1.15. The fourth-order valence-corrected chi connectivity index (χ4v) is 1.30. The van der Waals surface area contributed by atoms with Crippen molar-refractivity contribution in [3.63, 3.8) is 0 Å². The average molecular weight is 258 g/mol. The van der Waals surface area contributed by atoms with E-state index in [0.29, 0.717) is 6.54 Å². The van der Waals surface area contributed by atoms with Gasteiger partial charge in [-0.2, -0.15) is 0 Å². The minimum Gasteiger partial charge on any atom is -0.364 e. The molecule has 0 radical (unpaired) electrons. The lowest BCUT2D eigenvalue weighted by Crippen LogP contribution is -2.22. The molecule has 0 saturated carbocycles. The molecule has 0 aromatic carbocycles. The summed E-state index contributed by atoms with van der Waals surface area (Å²) in [4.78, 5) is 14.3. The summed E-state index contributed by atoms with van der Waals surface area (Å²) in [7, 11) is 0. The Hall–Kier alpha value is -1.36. The predicted molar refractivity (Wildman–Crippen MR) is 68.5 cm³/mol. The van der Waals surface area contributed by atoms with Crippen LogP contribution in [0.5, 0.6) is 0 Å². The van der Waals surface area contributed by atoms with Gasteiger partial charge in [-0.15, -0.1) is 0 Å². The van der Waals surface area contributed by atoms with Crippen molar-refractivity contribution in [3.8, 4) is 0 Å². The lowest BCUT2D eigenvalue weighted by Gasteiger charge is -2.23.